The van der Waals surface area contributed by atoms with Crippen molar-refractivity contribution in [3.8, 4) is 0 Å². The minimum Gasteiger partial charge on any atom is -0.369 e. The van der Waals surface area contributed by atoms with Crippen molar-refractivity contribution < 1.29 is 4.79 Å². The van der Waals surface area contributed by atoms with Crippen LogP contribution in [0.2, 0.25) is 0 Å². The molecule has 1 unspecified atom stereocenters. The van der Waals surface area contributed by atoms with Gasteiger partial charge in [-0.15, -0.1) is 0 Å². The van der Waals surface area contributed by atoms with Gasteiger partial charge in [0.05, 0.1) is 12.5 Å². The molecule has 9 heteroatoms. The van der Waals surface area contributed by atoms with Gasteiger partial charge in [-0.05, 0) is 5.56 Å². The molecule has 1 fully saturated rings. The summed E-state index contributed by atoms with van der Waals surface area (Å²) in [6, 6.07) is 12.0. The van der Waals surface area contributed by atoms with Crippen molar-refractivity contribution in [2.75, 3.05) is 43.4 Å². The van der Waals surface area contributed by atoms with E-state index in [1.807, 2.05) is 36.2 Å². The summed E-state index contributed by atoms with van der Waals surface area (Å²) < 4.78 is 0. The largest absolute Gasteiger partial charge is 0.369 e. The predicted octanol–water partition coefficient (Wildman–Crippen LogP) is 1.12. The topological polar surface area (TPSA) is 103 Å². The van der Waals surface area contributed by atoms with E-state index >= 15 is 0 Å². The maximum atomic E-state index is 12.0. The molecule has 0 saturated carbocycles. The fraction of sp³-hybridized carbons (Fsp3) is 0.316. The molecule has 0 bridgehead atoms. The van der Waals surface area contributed by atoms with Gasteiger partial charge in [0.1, 0.15) is 30.1 Å². The minimum atomic E-state index is 0.00679. The Morgan fingerprint density at radius 1 is 1.14 bits per heavy atom. The van der Waals surface area contributed by atoms with Crippen LogP contribution in [0.4, 0.5) is 11.6 Å². The van der Waals surface area contributed by atoms with Gasteiger partial charge < -0.3 is 15.1 Å². The Kier molecular flexibility index (Phi) is 5.14. The van der Waals surface area contributed by atoms with Crippen LogP contribution in [0.1, 0.15) is 17.3 Å². The maximum absolute atomic E-state index is 12.0. The van der Waals surface area contributed by atoms with Gasteiger partial charge in [-0.2, -0.15) is 5.10 Å². The van der Waals surface area contributed by atoms with Crippen LogP contribution < -0.4 is 10.2 Å². The molecule has 1 amide bonds. The first-order valence-corrected chi connectivity index (χ1v) is 9.16. The first-order valence-electron chi connectivity index (χ1n) is 9.16. The summed E-state index contributed by atoms with van der Waals surface area (Å²) in [5, 5.41) is 10.3. The zero-order valence-electron chi connectivity index (χ0n) is 15.6. The van der Waals surface area contributed by atoms with Gasteiger partial charge in [-0.3, -0.25) is 9.89 Å². The first-order chi connectivity index (χ1) is 13.7. The van der Waals surface area contributed by atoms with Crippen LogP contribution >= 0.6 is 0 Å². The lowest BCUT2D eigenvalue weighted by Gasteiger charge is -2.32. The quantitative estimate of drug-likeness (QED) is 0.662. The third kappa shape index (κ3) is 3.93. The van der Waals surface area contributed by atoms with Gasteiger partial charge in [0, 0.05) is 32.7 Å². The smallest absolute Gasteiger partial charge is 0.241 e. The molecule has 3 aromatic rings. The van der Waals surface area contributed by atoms with E-state index in [9.17, 15) is 4.79 Å². The lowest BCUT2D eigenvalue weighted by atomic mass is 9.98. The van der Waals surface area contributed by atoms with E-state index in [0.29, 0.717) is 25.5 Å². The third-order valence-corrected chi connectivity index (χ3v) is 4.89. The molecule has 0 spiro atoms. The highest BCUT2D eigenvalue weighted by molar-refractivity contribution is 5.82. The number of rotatable bonds is 6. The van der Waals surface area contributed by atoms with Crippen molar-refractivity contribution in [2.24, 2.45) is 0 Å². The average molecular weight is 378 g/mol. The zero-order valence-corrected chi connectivity index (χ0v) is 15.6. The Labute approximate surface area is 162 Å². The van der Waals surface area contributed by atoms with E-state index in [0.717, 1.165) is 23.8 Å². The van der Waals surface area contributed by atoms with Crippen LogP contribution in [-0.2, 0) is 4.79 Å². The van der Waals surface area contributed by atoms with Crippen molar-refractivity contribution in [2.45, 2.75) is 5.92 Å². The molecule has 2 N–H and O–H groups in total. The van der Waals surface area contributed by atoms with Crippen LogP contribution in [0.25, 0.3) is 0 Å². The number of hydrogen-bond donors (Lipinski definition) is 2. The van der Waals surface area contributed by atoms with Crippen LogP contribution in [0.15, 0.2) is 49.1 Å². The van der Waals surface area contributed by atoms with Gasteiger partial charge >= 0.3 is 0 Å². The van der Waals surface area contributed by atoms with Crippen molar-refractivity contribution in [3.63, 3.8) is 0 Å². The molecule has 28 heavy (non-hydrogen) atoms. The number of nitrogens with zero attached hydrogens (tertiary/aromatic N) is 6. The molecule has 1 aromatic carbocycles. The van der Waals surface area contributed by atoms with E-state index in [1.54, 1.807) is 4.90 Å². The predicted molar refractivity (Wildman–Crippen MR) is 105 cm³/mol. The van der Waals surface area contributed by atoms with Gasteiger partial charge in [-0.1, -0.05) is 30.3 Å². The molecule has 0 aliphatic carbocycles. The number of anilines is 2. The molecule has 9 nitrogen and oxygen atoms in total. The van der Waals surface area contributed by atoms with Crippen LogP contribution in [-0.4, -0.2) is 69.2 Å². The van der Waals surface area contributed by atoms with Crippen molar-refractivity contribution in [1.82, 2.24) is 30.0 Å². The number of H-pyrrole nitrogens is 1. The number of carbonyl (C=O) groups is 1. The van der Waals surface area contributed by atoms with Crippen molar-refractivity contribution >= 4 is 17.5 Å². The molecule has 0 radical (unpaired) electrons. The summed E-state index contributed by atoms with van der Waals surface area (Å²) in [7, 11) is 1.82. The van der Waals surface area contributed by atoms with E-state index in [-0.39, 0.29) is 11.8 Å². The molecule has 2 aromatic heterocycles. The number of aromatic nitrogens is 5. The number of benzene rings is 1. The second kappa shape index (κ2) is 8.03. The second-order valence-electron chi connectivity index (χ2n) is 6.71. The highest BCUT2D eigenvalue weighted by atomic mass is 16.2. The van der Waals surface area contributed by atoms with E-state index < -0.39 is 0 Å². The highest BCUT2D eigenvalue weighted by Crippen LogP contribution is 2.22. The van der Waals surface area contributed by atoms with Gasteiger partial charge in [0.2, 0.25) is 5.91 Å². The zero-order chi connectivity index (χ0) is 19.3. The fourth-order valence-electron chi connectivity index (χ4n) is 3.22. The fourth-order valence-corrected chi connectivity index (χ4v) is 3.22. The average Bonchev–Trinajstić information content (AvgIpc) is 3.26. The van der Waals surface area contributed by atoms with Gasteiger partial charge in [0.25, 0.3) is 0 Å². The lowest BCUT2D eigenvalue weighted by Crippen LogP contribution is -2.48. The molecule has 144 valence electrons. The normalized spacial score (nSPS) is 15.5. The van der Waals surface area contributed by atoms with Crippen LogP contribution in [0, 0.1) is 0 Å². The maximum Gasteiger partial charge on any atom is 0.241 e. The molecule has 1 aliphatic rings. The summed E-state index contributed by atoms with van der Waals surface area (Å²) in [4.78, 5) is 28.7. The molecule has 1 atom stereocenters. The van der Waals surface area contributed by atoms with Crippen molar-refractivity contribution in [1.29, 1.82) is 0 Å². The number of piperazine rings is 1. The molecule has 1 aliphatic heterocycles. The lowest BCUT2D eigenvalue weighted by molar-refractivity contribution is -0.129. The van der Waals surface area contributed by atoms with Crippen LogP contribution in [0.3, 0.4) is 0 Å². The van der Waals surface area contributed by atoms with E-state index in [4.69, 9.17) is 0 Å². The van der Waals surface area contributed by atoms with E-state index in [1.165, 1.54) is 12.7 Å². The van der Waals surface area contributed by atoms with Crippen LogP contribution in [0.5, 0.6) is 0 Å². The Hall–Kier alpha value is -3.49. The van der Waals surface area contributed by atoms with Gasteiger partial charge in [0.15, 0.2) is 0 Å². The number of amides is 1. The third-order valence-electron chi connectivity index (χ3n) is 4.89. The van der Waals surface area contributed by atoms with E-state index in [2.05, 4.69) is 42.6 Å². The summed E-state index contributed by atoms with van der Waals surface area (Å²) >= 11 is 0. The Morgan fingerprint density at radius 2 is 2.00 bits per heavy atom. The number of carbonyl (C=O) groups excluding carboxylic acids is 1. The number of hydrogen-bond acceptors (Lipinski definition) is 7. The Morgan fingerprint density at radius 3 is 2.75 bits per heavy atom. The number of aromatic amines is 1. The monoisotopic (exact) mass is 378 g/mol. The molecule has 4 rings (SSSR count). The summed E-state index contributed by atoms with van der Waals surface area (Å²) in [5.41, 5.74) is 1.13. The number of nitrogens with one attached hydrogen (secondary N) is 2. The summed E-state index contributed by atoms with van der Waals surface area (Å²) in [6.45, 7) is 2.37. The molecular weight excluding hydrogens is 356 g/mol. The molecule has 1 saturated heterocycles. The standard InChI is InChI=1S/C19H22N8O/c1-26-7-8-27(11-18(26)28)17-9-16(21-12-22-17)20-10-15(19-23-13-24-25-19)14-5-3-2-4-6-14/h2-6,9,12-13,15H,7-8,10-11H2,1H3,(H,20,21,22)(H,23,24,25). The minimum absolute atomic E-state index is 0.00679. The molecule has 3 heterocycles. The Bertz CT molecular complexity index is 915. The summed E-state index contributed by atoms with van der Waals surface area (Å²) in [6.07, 6.45) is 3.03. The number of likely N-dealkylation sites (N-methyl/N-ethyl adjacent to an activating group) is 1. The highest BCUT2D eigenvalue weighted by Gasteiger charge is 2.22. The SMILES string of the molecule is CN1CCN(c2cc(NCC(c3ccccc3)c3ncn[nH]3)ncn2)CC1=O. The Balaban J connectivity index is 1.48. The molecular formula is C19H22N8O. The van der Waals surface area contributed by atoms with Gasteiger partial charge in [-0.25, -0.2) is 15.0 Å². The summed E-state index contributed by atoms with van der Waals surface area (Å²) in [5.74, 6) is 2.34. The first kappa shape index (κ1) is 17.9. The second-order valence-corrected chi connectivity index (χ2v) is 6.71. The van der Waals surface area contributed by atoms with Crippen molar-refractivity contribution in [3.05, 3.63) is 60.4 Å².